The van der Waals surface area contributed by atoms with E-state index in [1.54, 1.807) is 6.20 Å². The number of pyridine rings is 1. The van der Waals surface area contributed by atoms with Crippen LogP contribution in [-0.4, -0.2) is 11.6 Å². The Bertz CT molecular complexity index is 333. The average Bonchev–Trinajstić information content (AvgIpc) is 2.12. The molecule has 0 aliphatic rings. The Morgan fingerprint density at radius 1 is 1.69 bits per heavy atom. The summed E-state index contributed by atoms with van der Waals surface area (Å²) >= 11 is 3.26. The lowest BCUT2D eigenvalue weighted by Crippen LogP contribution is -1.95. The summed E-state index contributed by atoms with van der Waals surface area (Å²) in [7, 11) is 0. The zero-order valence-electron chi connectivity index (χ0n) is 7.25. The monoisotopic (exact) mass is 240 g/mol. The molecule has 1 aromatic heterocycles. The minimum Gasteiger partial charge on any atom is -0.492 e. The molecule has 0 spiro atoms. The van der Waals surface area contributed by atoms with Crippen LogP contribution in [0.15, 0.2) is 16.9 Å². The van der Waals surface area contributed by atoms with Crippen LogP contribution in [0, 0.1) is 11.3 Å². The van der Waals surface area contributed by atoms with Gasteiger partial charge >= 0.3 is 0 Å². The normalized spacial score (nSPS) is 9.31. The van der Waals surface area contributed by atoms with Gasteiger partial charge in [0.1, 0.15) is 10.4 Å². The van der Waals surface area contributed by atoms with E-state index >= 15 is 0 Å². The number of ether oxygens (including phenoxy) is 1. The van der Waals surface area contributed by atoms with Gasteiger partial charge in [0.15, 0.2) is 0 Å². The number of hydrogen-bond acceptors (Lipinski definition) is 3. The number of nitrogens with zero attached hydrogens (tertiary/aromatic N) is 2. The van der Waals surface area contributed by atoms with Gasteiger partial charge in [-0.25, -0.2) is 4.98 Å². The van der Waals surface area contributed by atoms with Crippen LogP contribution in [0.25, 0.3) is 0 Å². The molecule has 13 heavy (non-hydrogen) atoms. The summed E-state index contributed by atoms with van der Waals surface area (Å²) in [5.74, 6) is 0.705. The second-order valence-electron chi connectivity index (χ2n) is 2.39. The molecule has 1 aromatic rings. The third-order valence-corrected chi connectivity index (χ3v) is 2.18. The van der Waals surface area contributed by atoms with E-state index in [-0.39, 0.29) is 0 Å². The second kappa shape index (κ2) is 4.83. The van der Waals surface area contributed by atoms with Crippen LogP contribution < -0.4 is 4.74 Å². The van der Waals surface area contributed by atoms with Gasteiger partial charge in [0.2, 0.25) is 0 Å². The summed E-state index contributed by atoms with van der Waals surface area (Å²) in [6, 6.07) is 3.89. The number of nitriles is 1. The lowest BCUT2D eigenvalue weighted by atomic mass is 10.2. The van der Waals surface area contributed by atoms with Gasteiger partial charge in [0.25, 0.3) is 0 Å². The van der Waals surface area contributed by atoms with Gasteiger partial charge in [0, 0.05) is 5.56 Å². The lowest BCUT2D eigenvalue weighted by molar-refractivity contribution is 0.338. The summed E-state index contributed by atoms with van der Waals surface area (Å²) in [6.45, 7) is 2.52. The summed E-state index contributed by atoms with van der Waals surface area (Å²) in [6.07, 6.45) is 1.98. The first kappa shape index (κ1) is 10.0. The smallest absolute Gasteiger partial charge is 0.137 e. The van der Waals surface area contributed by atoms with E-state index in [4.69, 9.17) is 10.00 Å². The van der Waals surface area contributed by atoms with Crippen LogP contribution in [0.5, 0.6) is 5.75 Å². The average molecular weight is 241 g/mol. The van der Waals surface area contributed by atoms with Crippen LogP contribution in [0.3, 0.4) is 0 Å². The molecule has 0 fully saturated rings. The van der Waals surface area contributed by atoms with E-state index in [1.165, 1.54) is 0 Å². The Kier molecular flexibility index (Phi) is 3.71. The maximum atomic E-state index is 8.53. The Labute approximate surface area is 85.5 Å². The van der Waals surface area contributed by atoms with Crippen LogP contribution in [-0.2, 0) is 6.42 Å². The van der Waals surface area contributed by atoms with Crippen LogP contribution in [0.4, 0.5) is 0 Å². The highest BCUT2D eigenvalue weighted by Crippen LogP contribution is 2.19. The molecule has 0 aromatic carbocycles. The Balaban J connectivity index is 2.91. The van der Waals surface area contributed by atoms with Gasteiger partial charge in [0.05, 0.1) is 25.3 Å². The molecule has 3 nitrogen and oxygen atoms in total. The summed E-state index contributed by atoms with van der Waals surface area (Å²) < 4.78 is 5.96. The minimum absolute atomic E-state index is 0.342. The van der Waals surface area contributed by atoms with Gasteiger partial charge < -0.3 is 4.74 Å². The molecule has 0 bridgehead atoms. The standard InChI is InChI=1S/C9H9BrN2O/c1-2-13-8-5-7(3-4-11)9(10)12-6-8/h5-6H,2-3H2,1H3. The lowest BCUT2D eigenvalue weighted by Gasteiger charge is -2.04. The highest BCUT2D eigenvalue weighted by atomic mass is 79.9. The van der Waals surface area contributed by atoms with E-state index < -0.39 is 0 Å². The zero-order valence-corrected chi connectivity index (χ0v) is 8.84. The van der Waals surface area contributed by atoms with Crippen LogP contribution in [0.1, 0.15) is 12.5 Å². The second-order valence-corrected chi connectivity index (χ2v) is 3.14. The Morgan fingerprint density at radius 2 is 2.46 bits per heavy atom. The molecular weight excluding hydrogens is 232 g/mol. The molecular formula is C9H9BrN2O. The van der Waals surface area contributed by atoms with Crippen LogP contribution in [0.2, 0.25) is 0 Å². The molecule has 0 saturated heterocycles. The summed E-state index contributed by atoms with van der Waals surface area (Å²) in [5, 5.41) is 8.53. The summed E-state index contributed by atoms with van der Waals surface area (Å²) in [5.41, 5.74) is 0.855. The van der Waals surface area contributed by atoms with Crippen molar-refractivity contribution in [2.24, 2.45) is 0 Å². The summed E-state index contributed by atoms with van der Waals surface area (Å²) in [4.78, 5) is 4.06. The molecule has 0 unspecified atom stereocenters. The largest absolute Gasteiger partial charge is 0.492 e. The number of aromatic nitrogens is 1. The molecule has 1 heterocycles. The van der Waals surface area contributed by atoms with Crippen molar-refractivity contribution in [3.63, 3.8) is 0 Å². The van der Waals surface area contributed by atoms with Crippen molar-refractivity contribution in [2.45, 2.75) is 13.3 Å². The first-order valence-electron chi connectivity index (χ1n) is 3.92. The van der Waals surface area contributed by atoms with Crippen molar-refractivity contribution in [1.29, 1.82) is 5.26 Å². The first-order chi connectivity index (χ1) is 6.27. The number of hydrogen-bond donors (Lipinski definition) is 0. The maximum Gasteiger partial charge on any atom is 0.137 e. The van der Waals surface area contributed by atoms with Crippen LogP contribution >= 0.6 is 15.9 Å². The fourth-order valence-electron chi connectivity index (χ4n) is 0.926. The molecule has 0 atom stereocenters. The van der Waals surface area contributed by atoms with Crippen molar-refractivity contribution >= 4 is 15.9 Å². The number of halogens is 1. The fraction of sp³-hybridized carbons (Fsp3) is 0.333. The van der Waals surface area contributed by atoms with Crippen molar-refractivity contribution < 1.29 is 4.74 Å². The highest BCUT2D eigenvalue weighted by Gasteiger charge is 2.02. The first-order valence-corrected chi connectivity index (χ1v) is 4.71. The van der Waals surface area contributed by atoms with Crippen molar-refractivity contribution in [3.8, 4) is 11.8 Å². The van der Waals surface area contributed by atoms with Gasteiger partial charge in [-0.1, -0.05) is 0 Å². The molecule has 68 valence electrons. The molecule has 0 N–H and O–H groups in total. The molecule has 4 heteroatoms. The zero-order chi connectivity index (χ0) is 9.68. The van der Waals surface area contributed by atoms with E-state index in [1.807, 2.05) is 13.0 Å². The van der Waals surface area contributed by atoms with Gasteiger partial charge in [-0.2, -0.15) is 5.26 Å². The predicted molar refractivity (Wildman–Crippen MR) is 52.4 cm³/mol. The fourth-order valence-corrected chi connectivity index (χ4v) is 1.28. The van der Waals surface area contributed by atoms with Gasteiger partial charge in [-0.15, -0.1) is 0 Å². The molecule has 0 radical (unpaired) electrons. The van der Waals surface area contributed by atoms with Crippen molar-refractivity contribution in [2.75, 3.05) is 6.61 Å². The SMILES string of the molecule is CCOc1cnc(Br)c(CC#N)c1. The van der Waals surface area contributed by atoms with Crippen molar-refractivity contribution in [1.82, 2.24) is 4.98 Å². The Morgan fingerprint density at radius 3 is 3.08 bits per heavy atom. The molecule has 0 saturated carbocycles. The molecule has 0 amide bonds. The quantitative estimate of drug-likeness (QED) is 0.763. The third-order valence-electron chi connectivity index (χ3n) is 1.47. The highest BCUT2D eigenvalue weighted by molar-refractivity contribution is 9.10. The van der Waals surface area contributed by atoms with E-state index in [0.29, 0.717) is 23.4 Å². The third kappa shape index (κ3) is 2.71. The van der Waals surface area contributed by atoms with E-state index in [2.05, 4.69) is 27.0 Å². The van der Waals surface area contributed by atoms with E-state index in [0.717, 1.165) is 5.56 Å². The topological polar surface area (TPSA) is 45.9 Å². The minimum atomic E-state index is 0.342. The molecule has 1 rings (SSSR count). The molecule has 0 aliphatic carbocycles. The van der Waals surface area contributed by atoms with Gasteiger partial charge in [-0.05, 0) is 28.9 Å². The maximum absolute atomic E-state index is 8.53. The van der Waals surface area contributed by atoms with Gasteiger partial charge in [-0.3, -0.25) is 0 Å². The Hall–Kier alpha value is -1.08. The predicted octanol–water partition coefficient (Wildman–Crippen LogP) is 2.31. The van der Waals surface area contributed by atoms with Crippen molar-refractivity contribution in [3.05, 3.63) is 22.4 Å². The van der Waals surface area contributed by atoms with E-state index in [9.17, 15) is 0 Å². The molecule has 0 aliphatic heterocycles. The number of rotatable bonds is 3.